The van der Waals surface area contributed by atoms with E-state index in [9.17, 15) is 0 Å². The van der Waals surface area contributed by atoms with Gasteiger partial charge in [-0.3, -0.25) is 0 Å². The summed E-state index contributed by atoms with van der Waals surface area (Å²) in [6.45, 7) is 9.48. The smallest absolute Gasteiger partial charge is 0.136 e. The average Bonchev–Trinajstić information content (AvgIpc) is 2.62. The first kappa shape index (κ1) is 15.5. The Labute approximate surface area is 134 Å². The molecule has 1 aliphatic rings. The summed E-state index contributed by atoms with van der Waals surface area (Å²) in [6, 6.07) is 3.06. The van der Waals surface area contributed by atoms with E-state index in [0.717, 1.165) is 29.6 Å². The summed E-state index contributed by atoms with van der Waals surface area (Å²) in [5.41, 5.74) is 1.15. The Bertz CT molecular complexity index is 453. The van der Waals surface area contributed by atoms with Crippen LogP contribution >= 0.6 is 34.2 Å². The number of ether oxygens (including phenoxy) is 1. The SMILES string of the molecule is C[Si](C)(C)CCOCN1CC(I)c2c(Cl)ccnc21. The van der Waals surface area contributed by atoms with E-state index in [4.69, 9.17) is 16.3 Å². The fraction of sp³-hybridized carbons (Fsp3) is 0.615. The third-order valence-corrected chi connectivity index (χ3v) is 6.20. The van der Waals surface area contributed by atoms with Crippen LogP contribution in [0.5, 0.6) is 0 Å². The van der Waals surface area contributed by atoms with Crippen molar-refractivity contribution in [1.82, 2.24) is 4.98 Å². The van der Waals surface area contributed by atoms with Gasteiger partial charge < -0.3 is 9.64 Å². The quantitative estimate of drug-likeness (QED) is 0.312. The molecule has 0 bridgehead atoms. The van der Waals surface area contributed by atoms with Gasteiger partial charge in [0.1, 0.15) is 12.5 Å². The highest BCUT2D eigenvalue weighted by molar-refractivity contribution is 14.1. The number of pyridine rings is 1. The van der Waals surface area contributed by atoms with Crippen molar-refractivity contribution in [3.05, 3.63) is 22.8 Å². The minimum absolute atomic E-state index is 0.398. The van der Waals surface area contributed by atoms with Crippen molar-refractivity contribution in [1.29, 1.82) is 0 Å². The first-order valence-electron chi connectivity index (χ1n) is 6.49. The van der Waals surface area contributed by atoms with Crippen LogP contribution in [0.4, 0.5) is 5.82 Å². The van der Waals surface area contributed by atoms with Crippen LogP contribution in [0, 0.1) is 0 Å². The van der Waals surface area contributed by atoms with Gasteiger partial charge in [-0.15, -0.1) is 0 Å². The summed E-state index contributed by atoms with van der Waals surface area (Å²) >= 11 is 8.67. The molecule has 0 spiro atoms. The zero-order valence-electron chi connectivity index (χ0n) is 11.6. The predicted molar refractivity (Wildman–Crippen MR) is 92.3 cm³/mol. The Hall–Kier alpha value is 0.147. The molecule has 1 atom stereocenters. The van der Waals surface area contributed by atoms with Gasteiger partial charge in [-0.2, -0.15) is 0 Å². The number of halogens is 2. The molecule has 106 valence electrons. The standard InChI is InChI=1S/C13H20ClIN2OSi/c1-19(2,3)7-6-18-9-17-8-11(15)12-10(14)4-5-16-13(12)17/h4-5,11H,6-9H2,1-3H3. The van der Waals surface area contributed by atoms with E-state index in [1.807, 2.05) is 6.07 Å². The summed E-state index contributed by atoms with van der Waals surface area (Å²) < 4.78 is 6.21. The Morgan fingerprint density at radius 3 is 2.95 bits per heavy atom. The molecule has 1 aliphatic heterocycles. The highest BCUT2D eigenvalue weighted by Gasteiger charge is 2.30. The third-order valence-electron chi connectivity index (χ3n) is 3.15. The van der Waals surface area contributed by atoms with Gasteiger partial charge in [0.05, 0.1) is 8.95 Å². The summed E-state index contributed by atoms with van der Waals surface area (Å²) in [7, 11) is -1.01. The van der Waals surface area contributed by atoms with Crippen molar-refractivity contribution in [2.45, 2.75) is 29.6 Å². The number of fused-ring (bicyclic) bond motifs is 1. The maximum absolute atomic E-state index is 6.24. The van der Waals surface area contributed by atoms with Crippen LogP contribution < -0.4 is 4.90 Å². The van der Waals surface area contributed by atoms with E-state index in [2.05, 4.69) is 52.1 Å². The van der Waals surface area contributed by atoms with E-state index in [-0.39, 0.29) is 0 Å². The molecule has 1 aromatic heterocycles. The van der Waals surface area contributed by atoms with Crippen molar-refractivity contribution in [2.75, 3.05) is 24.8 Å². The van der Waals surface area contributed by atoms with Crippen LogP contribution in [0.3, 0.4) is 0 Å². The molecule has 0 fully saturated rings. The molecule has 19 heavy (non-hydrogen) atoms. The lowest BCUT2D eigenvalue weighted by atomic mass is 10.2. The highest BCUT2D eigenvalue weighted by Crippen LogP contribution is 2.42. The van der Waals surface area contributed by atoms with Crippen LogP contribution in [0.1, 0.15) is 9.49 Å². The maximum atomic E-state index is 6.24. The van der Waals surface area contributed by atoms with Gasteiger partial charge in [-0.1, -0.05) is 53.8 Å². The lowest BCUT2D eigenvalue weighted by Crippen LogP contribution is -2.27. The molecular weight excluding hydrogens is 391 g/mol. The highest BCUT2D eigenvalue weighted by atomic mass is 127. The topological polar surface area (TPSA) is 25.4 Å². The van der Waals surface area contributed by atoms with E-state index >= 15 is 0 Å². The number of nitrogens with zero attached hydrogens (tertiary/aromatic N) is 2. The molecule has 0 amide bonds. The largest absolute Gasteiger partial charge is 0.361 e. The lowest BCUT2D eigenvalue weighted by molar-refractivity contribution is 0.147. The molecule has 0 aliphatic carbocycles. The zero-order chi connectivity index (χ0) is 14.0. The molecule has 2 rings (SSSR count). The van der Waals surface area contributed by atoms with Crippen molar-refractivity contribution < 1.29 is 4.74 Å². The maximum Gasteiger partial charge on any atom is 0.136 e. The van der Waals surface area contributed by atoms with Crippen LogP contribution in [0.15, 0.2) is 12.3 Å². The summed E-state index contributed by atoms with van der Waals surface area (Å²) in [4.78, 5) is 6.63. The van der Waals surface area contributed by atoms with E-state index in [0.29, 0.717) is 10.7 Å². The fourth-order valence-electron chi connectivity index (χ4n) is 2.02. The summed E-state index contributed by atoms with van der Waals surface area (Å²) in [5.74, 6) is 0.986. The number of aromatic nitrogens is 1. The van der Waals surface area contributed by atoms with E-state index in [1.165, 1.54) is 6.04 Å². The monoisotopic (exact) mass is 410 g/mol. The Morgan fingerprint density at radius 1 is 1.53 bits per heavy atom. The number of alkyl halides is 1. The van der Waals surface area contributed by atoms with Crippen LogP contribution in [-0.4, -0.2) is 32.9 Å². The van der Waals surface area contributed by atoms with Crippen molar-refractivity contribution in [3.8, 4) is 0 Å². The minimum atomic E-state index is -1.01. The Kier molecular flexibility index (Phi) is 5.13. The van der Waals surface area contributed by atoms with Gasteiger partial charge >= 0.3 is 0 Å². The number of hydrogen-bond donors (Lipinski definition) is 0. The number of rotatable bonds is 5. The molecule has 0 aromatic carbocycles. The predicted octanol–water partition coefficient (Wildman–Crippen LogP) is 4.34. The number of anilines is 1. The van der Waals surface area contributed by atoms with Gasteiger partial charge in [0.2, 0.25) is 0 Å². The molecule has 2 heterocycles. The van der Waals surface area contributed by atoms with Crippen LogP contribution in [-0.2, 0) is 4.74 Å². The van der Waals surface area contributed by atoms with Crippen LogP contribution in [0.25, 0.3) is 0 Å². The first-order chi connectivity index (χ1) is 8.88. The third kappa shape index (κ3) is 4.06. The molecule has 3 nitrogen and oxygen atoms in total. The fourth-order valence-corrected chi connectivity index (χ4v) is 4.32. The number of hydrogen-bond acceptors (Lipinski definition) is 3. The minimum Gasteiger partial charge on any atom is -0.361 e. The molecule has 0 saturated heterocycles. The van der Waals surface area contributed by atoms with E-state index < -0.39 is 8.07 Å². The van der Waals surface area contributed by atoms with Gasteiger partial charge in [-0.25, -0.2) is 4.98 Å². The van der Waals surface area contributed by atoms with Crippen LogP contribution in [0.2, 0.25) is 30.7 Å². The Morgan fingerprint density at radius 2 is 2.26 bits per heavy atom. The Balaban J connectivity index is 1.93. The van der Waals surface area contributed by atoms with E-state index in [1.54, 1.807) is 6.20 Å². The average molecular weight is 411 g/mol. The molecular formula is C13H20ClIN2OSi. The normalized spacial score (nSPS) is 18.8. The molecule has 1 aromatic rings. The molecule has 0 radical (unpaired) electrons. The lowest BCUT2D eigenvalue weighted by Gasteiger charge is -2.20. The second-order valence-electron chi connectivity index (χ2n) is 6.07. The second kappa shape index (κ2) is 6.28. The summed E-state index contributed by atoms with van der Waals surface area (Å²) in [6.07, 6.45) is 1.77. The molecule has 1 unspecified atom stereocenters. The van der Waals surface area contributed by atoms with Crippen molar-refractivity contribution in [2.24, 2.45) is 0 Å². The molecule has 6 heteroatoms. The zero-order valence-corrected chi connectivity index (χ0v) is 15.5. The molecule has 0 N–H and O–H groups in total. The second-order valence-corrected chi connectivity index (χ2v) is 13.6. The van der Waals surface area contributed by atoms with Crippen molar-refractivity contribution in [3.63, 3.8) is 0 Å². The van der Waals surface area contributed by atoms with Gasteiger partial charge in [0, 0.05) is 33.0 Å². The first-order valence-corrected chi connectivity index (χ1v) is 11.8. The van der Waals surface area contributed by atoms with Crippen molar-refractivity contribution >= 4 is 48.1 Å². The van der Waals surface area contributed by atoms with Gasteiger partial charge in [-0.05, 0) is 12.1 Å². The molecule has 0 saturated carbocycles. The summed E-state index contributed by atoms with van der Waals surface area (Å²) in [5, 5.41) is 0.814. The van der Waals surface area contributed by atoms with Gasteiger partial charge in [0.25, 0.3) is 0 Å². The van der Waals surface area contributed by atoms with Gasteiger partial charge in [0.15, 0.2) is 0 Å².